The van der Waals surface area contributed by atoms with Gasteiger partial charge in [0.2, 0.25) is 5.75 Å². The molecule has 0 bridgehead atoms. The molecule has 194 valence electrons. The van der Waals surface area contributed by atoms with Crippen molar-refractivity contribution >= 4 is 18.1 Å². The summed E-state index contributed by atoms with van der Waals surface area (Å²) < 4.78 is 16.8. The van der Waals surface area contributed by atoms with E-state index in [1.807, 2.05) is 13.8 Å². The molecule has 37 heavy (non-hydrogen) atoms. The minimum absolute atomic E-state index is 0.0609. The van der Waals surface area contributed by atoms with E-state index < -0.39 is 17.2 Å². The third kappa shape index (κ3) is 4.85. The highest BCUT2D eigenvalue weighted by Gasteiger charge is 2.36. The van der Waals surface area contributed by atoms with Gasteiger partial charge >= 0.3 is 0 Å². The summed E-state index contributed by atoms with van der Waals surface area (Å²) in [5.41, 5.74) is 2.76. The highest BCUT2D eigenvalue weighted by Crippen LogP contribution is 2.31. The summed E-state index contributed by atoms with van der Waals surface area (Å²) in [7, 11) is 0. The zero-order valence-electron chi connectivity index (χ0n) is 21.1. The van der Waals surface area contributed by atoms with Gasteiger partial charge in [-0.3, -0.25) is 19.1 Å². The molecule has 0 spiro atoms. The Morgan fingerprint density at radius 2 is 1.78 bits per heavy atom. The van der Waals surface area contributed by atoms with Crippen LogP contribution in [0.5, 0.6) is 5.75 Å². The second-order valence-electron chi connectivity index (χ2n) is 10.2. The highest BCUT2D eigenvalue weighted by molar-refractivity contribution is 7.71. The largest absolute Gasteiger partial charge is 0.501 e. The van der Waals surface area contributed by atoms with Gasteiger partial charge in [0.1, 0.15) is 5.82 Å². The normalized spacial score (nSPS) is 17.7. The van der Waals surface area contributed by atoms with E-state index in [-0.39, 0.29) is 34.9 Å². The van der Waals surface area contributed by atoms with Crippen molar-refractivity contribution in [1.29, 1.82) is 0 Å². The van der Waals surface area contributed by atoms with E-state index in [0.717, 1.165) is 31.6 Å². The molecule has 9 heteroatoms. The fraction of sp³-hybridized carbons (Fsp3) is 0.393. The lowest BCUT2D eigenvalue weighted by atomic mass is 9.99. The quantitative estimate of drug-likeness (QED) is 0.485. The average Bonchev–Trinajstić information content (AvgIpc) is 2.88. The number of nitrogens with zero attached hydrogens (tertiary/aromatic N) is 4. The van der Waals surface area contributed by atoms with Crippen molar-refractivity contribution in [2.75, 3.05) is 19.6 Å². The van der Waals surface area contributed by atoms with Crippen LogP contribution in [0.2, 0.25) is 0 Å². The van der Waals surface area contributed by atoms with Crippen molar-refractivity contribution in [3.05, 3.63) is 91.9 Å². The maximum Gasteiger partial charge on any atom is 0.297 e. The molecule has 1 amide bonds. The minimum Gasteiger partial charge on any atom is -0.501 e. The molecule has 2 aliphatic rings. The van der Waals surface area contributed by atoms with E-state index in [0.29, 0.717) is 13.0 Å². The Hall–Kier alpha value is -3.30. The first-order valence-electron chi connectivity index (χ1n) is 12.7. The fourth-order valence-electron chi connectivity index (χ4n) is 5.44. The summed E-state index contributed by atoms with van der Waals surface area (Å²) >= 11 is 5.73. The van der Waals surface area contributed by atoms with Crippen LogP contribution in [0.25, 0.3) is 0 Å². The molecule has 0 aliphatic carbocycles. The molecule has 0 saturated carbocycles. The van der Waals surface area contributed by atoms with Crippen molar-refractivity contribution in [3.63, 3.8) is 0 Å². The maximum absolute atomic E-state index is 13.5. The van der Waals surface area contributed by atoms with E-state index in [9.17, 15) is 19.1 Å². The molecule has 1 unspecified atom stereocenters. The van der Waals surface area contributed by atoms with Crippen molar-refractivity contribution < 1.29 is 14.3 Å². The molecule has 3 heterocycles. The van der Waals surface area contributed by atoms with Gasteiger partial charge in [-0.1, -0.05) is 36.4 Å². The fourth-order valence-corrected chi connectivity index (χ4v) is 5.97. The number of rotatable bonds is 6. The first-order valence-corrected chi connectivity index (χ1v) is 13.1. The lowest BCUT2D eigenvalue weighted by Gasteiger charge is -2.38. The van der Waals surface area contributed by atoms with Crippen LogP contribution in [-0.2, 0) is 19.5 Å². The second kappa shape index (κ2) is 10.2. The van der Waals surface area contributed by atoms with Gasteiger partial charge in [0, 0.05) is 38.8 Å². The second-order valence-corrected chi connectivity index (χ2v) is 10.5. The first-order chi connectivity index (χ1) is 17.7. The third-order valence-corrected chi connectivity index (χ3v) is 7.77. The predicted octanol–water partition coefficient (Wildman–Crippen LogP) is 4.45. The number of hydrogen-bond acceptors (Lipinski definition) is 5. The zero-order chi connectivity index (χ0) is 26.3. The van der Waals surface area contributed by atoms with Crippen LogP contribution in [0.15, 0.2) is 53.3 Å². The van der Waals surface area contributed by atoms with Gasteiger partial charge in [-0.2, -0.15) is 0 Å². The van der Waals surface area contributed by atoms with Crippen LogP contribution < -0.4 is 5.56 Å². The average molecular weight is 523 g/mol. The third-order valence-electron chi connectivity index (χ3n) is 7.38. The molecule has 1 N–H and O–H groups in total. The summed E-state index contributed by atoms with van der Waals surface area (Å²) in [5, 5.41) is 10.9. The van der Waals surface area contributed by atoms with Crippen LogP contribution in [0.4, 0.5) is 4.39 Å². The Morgan fingerprint density at radius 1 is 1.08 bits per heavy atom. The molecule has 0 radical (unpaired) electrons. The van der Waals surface area contributed by atoms with Gasteiger partial charge in [0.15, 0.2) is 10.5 Å². The van der Waals surface area contributed by atoms with Crippen molar-refractivity contribution in [1.82, 2.24) is 18.9 Å². The summed E-state index contributed by atoms with van der Waals surface area (Å²) in [6.07, 6.45) is 1.67. The first kappa shape index (κ1) is 25.4. The van der Waals surface area contributed by atoms with Crippen molar-refractivity contribution in [2.45, 2.75) is 51.9 Å². The summed E-state index contributed by atoms with van der Waals surface area (Å²) in [6, 6.07) is 14.0. The number of aromatic nitrogens is 2. The Morgan fingerprint density at radius 3 is 2.49 bits per heavy atom. The number of fused-ring (bicyclic) bond motifs is 2. The smallest absolute Gasteiger partial charge is 0.297 e. The summed E-state index contributed by atoms with van der Waals surface area (Å²) in [6.45, 7) is 6.85. The molecule has 0 saturated heterocycles. The van der Waals surface area contributed by atoms with E-state index in [1.54, 1.807) is 21.6 Å². The van der Waals surface area contributed by atoms with E-state index >= 15 is 0 Å². The molecule has 2 aromatic carbocycles. The monoisotopic (exact) mass is 522 g/mol. The number of aromatic hydroxyl groups is 1. The minimum atomic E-state index is -0.658. The standard InChI is InChI=1S/C28H31FN4O3S/c1-18(2)32-27(36)25(34)24-26(35)31(15-19-7-9-22(29)10-8-19)17-23(33(24)28(32)37)12-14-30-13-11-20-5-3-4-6-21(20)16-30/h3-10,18,23,34H,11-17H2,1-2H3. The molecule has 5 rings (SSSR count). The van der Waals surface area contributed by atoms with Gasteiger partial charge < -0.3 is 14.6 Å². The maximum atomic E-state index is 13.5. The van der Waals surface area contributed by atoms with Crippen LogP contribution >= 0.6 is 12.2 Å². The lowest BCUT2D eigenvalue weighted by Crippen LogP contribution is -2.46. The molecule has 2 aliphatic heterocycles. The van der Waals surface area contributed by atoms with Crippen LogP contribution in [-0.4, -0.2) is 49.6 Å². The predicted molar refractivity (Wildman–Crippen MR) is 142 cm³/mol. The highest BCUT2D eigenvalue weighted by atomic mass is 32.1. The van der Waals surface area contributed by atoms with Crippen molar-refractivity contribution in [3.8, 4) is 5.75 Å². The van der Waals surface area contributed by atoms with Crippen LogP contribution in [0.3, 0.4) is 0 Å². The van der Waals surface area contributed by atoms with Crippen LogP contribution in [0.1, 0.15) is 59.5 Å². The molecule has 1 atom stereocenters. The van der Waals surface area contributed by atoms with Gasteiger partial charge in [0.05, 0.1) is 6.04 Å². The molecular weight excluding hydrogens is 491 g/mol. The molecule has 7 nitrogen and oxygen atoms in total. The van der Waals surface area contributed by atoms with E-state index in [4.69, 9.17) is 12.2 Å². The molecule has 0 fully saturated rings. The number of amides is 1. The molecule has 1 aromatic heterocycles. The number of hydrogen-bond donors (Lipinski definition) is 1. The van der Waals surface area contributed by atoms with Crippen LogP contribution in [0, 0.1) is 10.6 Å². The Labute approximate surface area is 220 Å². The number of halogens is 1. The Kier molecular flexibility index (Phi) is 7.00. The van der Waals surface area contributed by atoms with Gasteiger partial charge in [0.25, 0.3) is 11.5 Å². The summed E-state index contributed by atoms with van der Waals surface area (Å²) in [5.74, 6) is -1.38. The molecule has 3 aromatic rings. The molecular formula is C28H31FN4O3S. The zero-order valence-corrected chi connectivity index (χ0v) is 21.9. The van der Waals surface area contributed by atoms with E-state index in [2.05, 4.69) is 29.2 Å². The van der Waals surface area contributed by atoms with Gasteiger partial charge in [-0.15, -0.1) is 0 Å². The topological polar surface area (TPSA) is 70.7 Å². The number of benzene rings is 2. The van der Waals surface area contributed by atoms with Gasteiger partial charge in [-0.05, 0) is 67.7 Å². The summed E-state index contributed by atoms with van der Waals surface area (Å²) in [4.78, 5) is 30.6. The van der Waals surface area contributed by atoms with E-state index in [1.165, 1.54) is 27.8 Å². The number of carbonyl (C=O) groups is 1. The van der Waals surface area contributed by atoms with Gasteiger partial charge in [-0.25, -0.2) is 4.39 Å². The SMILES string of the molecule is CC(C)n1c(=O)c(O)c2n(c1=S)C(CCN1CCc3ccccc3C1)CN(Cc1ccc(F)cc1)C2=O. The van der Waals surface area contributed by atoms with Crippen molar-refractivity contribution in [2.24, 2.45) is 0 Å². The Balaban J connectivity index is 1.48. The lowest BCUT2D eigenvalue weighted by molar-refractivity contribution is 0.0623. The number of carbonyl (C=O) groups excluding carboxylic acids is 1. The Bertz CT molecular complexity index is 1450.